The van der Waals surface area contributed by atoms with Gasteiger partial charge in [0.25, 0.3) is 0 Å². The van der Waals surface area contributed by atoms with Gasteiger partial charge in [0, 0.05) is 24.0 Å². The summed E-state index contributed by atoms with van der Waals surface area (Å²) in [4.78, 5) is 11.7. The summed E-state index contributed by atoms with van der Waals surface area (Å²) in [6.45, 7) is 1.22. The zero-order valence-electron chi connectivity index (χ0n) is 11.1. The first-order valence-corrected chi connectivity index (χ1v) is 6.96. The molecular weight excluding hydrogens is 299 g/mol. The van der Waals surface area contributed by atoms with Gasteiger partial charge >= 0.3 is 0 Å². The number of benzene rings is 1. The monoisotopic (exact) mass is 318 g/mol. The summed E-state index contributed by atoms with van der Waals surface area (Å²) in [7, 11) is 0. The Bertz CT molecular complexity index is 420. The lowest BCUT2D eigenvalue weighted by atomic mass is 10.1. The van der Waals surface area contributed by atoms with Gasteiger partial charge in [0.05, 0.1) is 6.10 Å². The van der Waals surface area contributed by atoms with Gasteiger partial charge in [-0.3, -0.25) is 4.79 Å². The van der Waals surface area contributed by atoms with Crippen LogP contribution in [0.25, 0.3) is 0 Å². The van der Waals surface area contributed by atoms with E-state index < -0.39 is 6.10 Å². The quantitative estimate of drug-likeness (QED) is 0.778. The van der Waals surface area contributed by atoms with Crippen molar-refractivity contribution < 1.29 is 9.90 Å². The van der Waals surface area contributed by atoms with E-state index in [9.17, 15) is 9.90 Å². The molecule has 0 bridgehead atoms. The number of nitrogens with one attached hydrogen (secondary N) is 2. The van der Waals surface area contributed by atoms with Gasteiger partial charge in [-0.15, -0.1) is 12.4 Å². The lowest BCUT2D eigenvalue weighted by molar-refractivity contribution is -0.122. The zero-order valence-corrected chi connectivity index (χ0v) is 12.7. The summed E-state index contributed by atoms with van der Waals surface area (Å²) in [5.74, 6) is -0.0209. The van der Waals surface area contributed by atoms with Crippen LogP contribution in [0.4, 0.5) is 0 Å². The molecule has 1 aromatic carbocycles. The molecule has 112 valence electrons. The van der Waals surface area contributed by atoms with E-state index in [1.807, 2.05) is 0 Å². The van der Waals surface area contributed by atoms with Crippen molar-refractivity contribution in [2.24, 2.45) is 0 Å². The molecule has 6 heteroatoms. The van der Waals surface area contributed by atoms with E-state index in [-0.39, 0.29) is 30.9 Å². The van der Waals surface area contributed by atoms with E-state index >= 15 is 0 Å². The van der Waals surface area contributed by atoms with Crippen LogP contribution in [-0.4, -0.2) is 30.1 Å². The molecule has 0 aliphatic carbocycles. The summed E-state index contributed by atoms with van der Waals surface area (Å²) in [5.41, 5.74) is 0.753. The van der Waals surface area contributed by atoms with Crippen molar-refractivity contribution in [1.82, 2.24) is 10.6 Å². The molecule has 0 aromatic heterocycles. The predicted molar refractivity (Wildman–Crippen MR) is 82.3 cm³/mol. The van der Waals surface area contributed by atoms with Crippen molar-refractivity contribution in [1.29, 1.82) is 0 Å². The second-order valence-electron chi connectivity index (χ2n) is 4.87. The first-order chi connectivity index (χ1) is 9.15. The molecule has 1 aliphatic heterocycles. The van der Waals surface area contributed by atoms with E-state index in [1.54, 1.807) is 24.3 Å². The molecule has 4 nitrogen and oxygen atoms in total. The molecule has 1 heterocycles. The molecule has 1 aliphatic rings. The van der Waals surface area contributed by atoms with E-state index in [1.165, 1.54) is 0 Å². The van der Waals surface area contributed by atoms with Crippen molar-refractivity contribution in [2.45, 2.75) is 31.4 Å². The van der Waals surface area contributed by atoms with Crippen LogP contribution in [-0.2, 0) is 4.79 Å². The highest BCUT2D eigenvalue weighted by atomic mass is 35.5. The van der Waals surface area contributed by atoms with Crippen LogP contribution >= 0.6 is 24.0 Å². The number of halogens is 2. The minimum absolute atomic E-state index is 0. The van der Waals surface area contributed by atoms with Crippen LogP contribution < -0.4 is 10.6 Å². The van der Waals surface area contributed by atoms with E-state index in [0.29, 0.717) is 11.4 Å². The second kappa shape index (κ2) is 8.47. The molecule has 0 saturated carbocycles. The Morgan fingerprint density at radius 3 is 2.75 bits per heavy atom. The van der Waals surface area contributed by atoms with Gasteiger partial charge in [-0.05, 0) is 37.1 Å². The second-order valence-corrected chi connectivity index (χ2v) is 5.31. The number of aliphatic hydroxyl groups excluding tert-OH is 1. The van der Waals surface area contributed by atoms with Crippen molar-refractivity contribution in [3.05, 3.63) is 34.9 Å². The molecule has 3 N–H and O–H groups in total. The van der Waals surface area contributed by atoms with Crippen LogP contribution in [0, 0.1) is 0 Å². The normalized spacial score (nSPS) is 19.2. The molecule has 2 unspecified atom stereocenters. The molecule has 1 aromatic rings. The molecule has 20 heavy (non-hydrogen) atoms. The molecular formula is C14H20Cl2N2O2. The minimum Gasteiger partial charge on any atom is -0.387 e. The number of amides is 1. The Kier molecular flexibility index (Phi) is 7.30. The summed E-state index contributed by atoms with van der Waals surface area (Å²) in [6.07, 6.45) is 1.96. The third kappa shape index (κ3) is 5.29. The number of carbonyl (C=O) groups is 1. The van der Waals surface area contributed by atoms with E-state index in [2.05, 4.69) is 10.6 Å². The van der Waals surface area contributed by atoms with Gasteiger partial charge < -0.3 is 15.7 Å². The Labute approximate surface area is 130 Å². The van der Waals surface area contributed by atoms with Crippen LogP contribution in [0.5, 0.6) is 0 Å². The highest BCUT2D eigenvalue weighted by Crippen LogP contribution is 2.16. The third-order valence-electron chi connectivity index (χ3n) is 3.34. The Morgan fingerprint density at radius 2 is 2.15 bits per heavy atom. The lowest BCUT2D eigenvalue weighted by Gasteiger charge is -2.14. The van der Waals surface area contributed by atoms with Crippen LogP contribution in [0.2, 0.25) is 5.02 Å². The van der Waals surface area contributed by atoms with Crippen molar-refractivity contribution in [3.63, 3.8) is 0 Å². The fraction of sp³-hybridized carbons (Fsp3) is 0.500. The van der Waals surface area contributed by atoms with E-state index in [0.717, 1.165) is 24.9 Å². The standard InChI is InChI=1S/C14H19ClN2O2.ClH/c15-11-5-3-10(4-6-11)13(18)9-17-14(19)8-12-2-1-7-16-12;/h3-6,12-13,16,18H,1-2,7-9H2,(H,17,19);1H. The Morgan fingerprint density at radius 1 is 1.45 bits per heavy atom. The zero-order chi connectivity index (χ0) is 13.7. The molecule has 1 saturated heterocycles. The molecule has 0 radical (unpaired) electrons. The van der Waals surface area contributed by atoms with Gasteiger partial charge in [-0.2, -0.15) is 0 Å². The molecule has 2 atom stereocenters. The van der Waals surface area contributed by atoms with Gasteiger partial charge in [-0.1, -0.05) is 23.7 Å². The smallest absolute Gasteiger partial charge is 0.221 e. The topological polar surface area (TPSA) is 61.4 Å². The SMILES string of the molecule is Cl.O=C(CC1CCCN1)NCC(O)c1ccc(Cl)cc1. The van der Waals surface area contributed by atoms with Gasteiger partial charge in [-0.25, -0.2) is 0 Å². The number of carbonyl (C=O) groups excluding carboxylic acids is 1. The summed E-state index contributed by atoms with van der Waals surface area (Å²) in [5, 5.41) is 16.6. The highest BCUT2D eigenvalue weighted by Gasteiger charge is 2.18. The van der Waals surface area contributed by atoms with Crippen molar-refractivity contribution in [2.75, 3.05) is 13.1 Å². The average molecular weight is 319 g/mol. The average Bonchev–Trinajstić information content (AvgIpc) is 2.89. The first-order valence-electron chi connectivity index (χ1n) is 6.59. The number of rotatable bonds is 5. The fourth-order valence-corrected chi connectivity index (χ4v) is 2.37. The maximum Gasteiger partial charge on any atom is 0.221 e. The molecule has 1 fully saturated rings. The molecule has 0 spiro atoms. The predicted octanol–water partition coefficient (Wildman–Crippen LogP) is 2.05. The van der Waals surface area contributed by atoms with Gasteiger partial charge in [0.15, 0.2) is 0 Å². The number of hydrogen-bond acceptors (Lipinski definition) is 3. The van der Waals surface area contributed by atoms with Crippen LogP contribution in [0.3, 0.4) is 0 Å². The maximum atomic E-state index is 11.7. The van der Waals surface area contributed by atoms with Gasteiger partial charge in [0.2, 0.25) is 5.91 Å². The largest absolute Gasteiger partial charge is 0.387 e. The Hall–Kier alpha value is -0.810. The summed E-state index contributed by atoms with van der Waals surface area (Å²) < 4.78 is 0. The first kappa shape index (κ1) is 17.2. The lowest BCUT2D eigenvalue weighted by Crippen LogP contribution is -2.34. The van der Waals surface area contributed by atoms with Gasteiger partial charge in [0.1, 0.15) is 0 Å². The van der Waals surface area contributed by atoms with Crippen LogP contribution in [0.15, 0.2) is 24.3 Å². The third-order valence-corrected chi connectivity index (χ3v) is 3.59. The van der Waals surface area contributed by atoms with E-state index in [4.69, 9.17) is 11.6 Å². The number of hydrogen-bond donors (Lipinski definition) is 3. The summed E-state index contributed by atoms with van der Waals surface area (Å²) in [6, 6.07) is 7.26. The van der Waals surface area contributed by atoms with Crippen LogP contribution in [0.1, 0.15) is 30.9 Å². The minimum atomic E-state index is -0.697. The van der Waals surface area contributed by atoms with Crippen molar-refractivity contribution >= 4 is 29.9 Å². The molecule has 1 amide bonds. The molecule has 2 rings (SSSR count). The highest BCUT2D eigenvalue weighted by molar-refractivity contribution is 6.30. The maximum absolute atomic E-state index is 11.7. The van der Waals surface area contributed by atoms with Crippen molar-refractivity contribution in [3.8, 4) is 0 Å². The number of aliphatic hydroxyl groups is 1. The Balaban J connectivity index is 0.00000200. The summed E-state index contributed by atoms with van der Waals surface area (Å²) >= 11 is 5.78. The fourth-order valence-electron chi connectivity index (χ4n) is 2.24.